The number of Topliss-reactive ketones (excluding diaryl/α,β-unsaturated/α-hetero) is 1. The largest absolute Gasteiger partial charge is 0.383 e. The predicted octanol–water partition coefficient (Wildman–Crippen LogP) is 5.59. The molecule has 5 rings (SSSR count). The fourth-order valence-electron chi connectivity index (χ4n) is 4.26. The number of carbonyl (C=O) groups is 1. The minimum atomic E-state index is 0.144. The van der Waals surface area contributed by atoms with E-state index in [1.54, 1.807) is 19.5 Å². The molecule has 0 aliphatic rings. The third kappa shape index (κ3) is 4.79. The molecule has 5 aromatic rings. The number of fused-ring (bicyclic) bond motifs is 2. The maximum atomic E-state index is 12.9. The van der Waals surface area contributed by atoms with Crippen LogP contribution in [-0.2, 0) is 11.3 Å². The third-order valence-electron chi connectivity index (χ3n) is 5.93. The van der Waals surface area contributed by atoms with Gasteiger partial charge in [-0.15, -0.1) is 0 Å². The molecule has 0 saturated heterocycles. The van der Waals surface area contributed by atoms with Crippen molar-refractivity contribution in [1.29, 1.82) is 0 Å². The number of rotatable bonds is 9. The van der Waals surface area contributed by atoms with Crippen molar-refractivity contribution in [2.75, 3.05) is 19.0 Å². The van der Waals surface area contributed by atoms with Crippen LogP contribution >= 0.6 is 0 Å². The van der Waals surface area contributed by atoms with Crippen LogP contribution in [-0.4, -0.2) is 44.2 Å². The molecule has 3 aromatic heterocycles. The quantitative estimate of drug-likeness (QED) is 0.274. The first-order valence-electron chi connectivity index (χ1n) is 11.7. The molecule has 2 N–H and O–H groups in total. The molecule has 2 aromatic carbocycles. The number of ketones is 1. The Labute approximate surface area is 203 Å². The van der Waals surface area contributed by atoms with Crippen molar-refractivity contribution in [1.82, 2.24) is 24.7 Å². The Kier molecular flexibility index (Phi) is 6.29. The second-order valence-corrected chi connectivity index (χ2v) is 9.03. The van der Waals surface area contributed by atoms with E-state index in [0.29, 0.717) is 42.8 Å². The van der Waals surface area contributed by atoms with E-state index in [-0.39, 0.29) is 5.78 Å². The standard InChI is InChI=1S/C27H28N6O2/c1-17(2)12-25(34)24-14-18-4-5-19(15-23(18)33(24)10-11-35-3)27-28-9-8-26(31-27)30-21-6-7-22-20(13-21)16-29-32-22/h4-9,13-17H,10-12H2,1-3H3,(H,29,32)(H,28,30,31). The van der Waals surface area contributed by atoms with Crippen molar-refractivity contribution in [3.63, 3.8) is 0 Å². The van der Waals surface area contributed by atoms with Crippen LogP contribution in [0.15, 0.2) is 60.9 Å². The van der Waals surface area contributed by atoms with Gasteiger partial charge in [-0.05, 0) is 42.3 Å². The summed E-state index contributed by atoms with van der Waals surface area (Å²) < 4.78 is 7.37. The number of aromatic amines is 1. The minimum Gasteiger partial charge on any atom is -0.383 e. The van der Waals surface area contributed by atoms with Gasteiger partial charge in [0.15, 0.2) is 11.6 Å². The zero-order chi connectivity index (χ0) is 24.4. The molecular weight excluding hydrogens is 440 g/mol. The Morgan fingerprint density at radius 3 is 2.83 bits per heavy atom. The number of hydrogen-bond acceptors (Lipinski definition) is 6. The van der Waals surface area contributed by atoms with Crippen molar-refractivity contribution in [2.45, 2.75) is 26.8 Å². The Morgan fingerprint density at radius 2 is 2.00 bits per heavy atom. The molecular formula is C27H28N6O2. The van der Waals surface area contributed by atoms with Gasteiger partial charge < -0.3 is 14.6 Å². The van der Waals surface area contributed by atoms with Crippen molar-refractivity contribution in [2.24, 2.45) is 5.92 Å². The summed E-state index contributed by atoms with van der Waals surface area (Å²) in [5.74, 6) is 1.74. The van der Waals surface area contributed by atoms with Gasteiger partial charge in [0.2, 0.25) is 0 Å². The van der Waals surface area contributed by atoms with E-state index in [0.717, 1.165) is 33.1 Å². The van der Waals surface area contributed by atoms with Gasteiger partial charge in [0, 0.05) is 53.8 Å². The third-order valence-corrected chi connectivity index (χ3v) is 5.93. The number of H-pyrrole nitrogens is 1. The molecule has 0 radical (unpaired) electrons. The first-order chi connectivity index (χ1) is 17.0. The molecule has 3 heterocycles. The zero-order valence-electron chi connectivity index (χ0n) is 20.1. The van der Waals surface area contributed by atoms with Gasteiger partial charge in [-0.1, -0.05) is 26.0 Å². The molecule has 0 amide bonds. The highest BCUT2D eigenvalue weighted by Gasteiger charge is 2.17. The van der Waals surface area contributed by atoms with Crippen molar-refractivity contribution in [3.05, 3.63) is 66.6 Å². The van der Waals surface area contributed by atoms with E-state index in [1.165, 1.54) is 0 Å². The van der Waals surface area contributed by atoms with Gasteiger partial charge >= 0.3 is 0 Å². The lowest BCUT2D eigenvalue weighted by Crippen LogP contribution is -2.13. The Hall–Kier alpha value is -4.04. The van der Waals surface area contributed by atoms with Crippen LogP contribution < -0.4 is 5.32 Å². The molecule has 35 heavy (non-hydrogen) atoms. The summed E-state index contributed by atoms with van der Waals surface area (Å²) in [6.45, 7) is 5.24. The van der Waals surface area contributed by atoms with Gasteiger partial charge in [-0.25, -0.2) is 9.97 Å². The molecule has 0 fully saturated rings. The second kappa shape index (κ2) is 9.68. The Morgan fingerprint density at radius 1 is 1.11 bits per heavy atom. The number of benzene rings is 2. The number of anilines is 2. The molecule has 0 spiro atoms. The Bertz CT molecular complexity index is 1500. The molecule has 8 nitrogen and oxygen atoms in total. The van der Waals surface area contributed by atoms with Gasteiger partial charge in [0.25, 0.3) is 0 Å². The molecule has 0 unspecified atom stereocenters. The van der Waals surface area contributed by atoms with Crippen LogP contribution in [0.3, 0.4) is 0 Å². The van der Waals surface area contributed by atoms with Crippen LogP contribution in [0.5, 0.6) is 0 Å². The number of methoxy groups -OCH3 is 1. The van der Waals surface area contributed by atoms with Crippen LogP contribution in [0, 0.1) is 5.92 Å². The lowest BCUT2D eigenvalue weighted by Gasteiger charge is -2.11. The maximum absolute atomic E-state index is 12.9. The van der Waals surface area contributed by atoms with Crippen molar-refractivity contribution >= 4 is 39.1 Å². The molecule has 0 atom stereocenters. The molecule has 0 saturated carbocycles. The van der Waals surface area contributed by atoms with Gasteiger partial charge in [-0.3, -0.25) is 9.89 Å². The van der Waals surface area contributed by atoms with E-state index < -0.39 is 0 Å². The zero-order valence-corrected chi connectivity index (χ0v) is 20.1. The van der Waals surface area contributed by atoms with Crippen LogP contribution in [0.2, 0.25) is 0 Å². The number of hydrogen-bond donors (Lipinski definition) is 2. The van der Waals surface area contributed by atoms with Gasteiger partial charge in [0.1, 0.15) is 5.82 Å². The van der Waals surface area contributed by atoms with Crippen LogP contribution in [0.1, 0.15) is 30.8 Å². The number of carbonyl (C=O) groups excluding carboxylic acids is 1. The Balaban J connectivity index is 1.48. The van der Waals surface area contributed by atoms with Crippen LogP contribution in [0.25, 0.3) is 33.2 Å². The minimum absolute atomic E-state index is 0.144. The normalized spacial score (nSPS) is 11.5. The van der Waals surface area contributed by atoms with Crippen molar-refractivity contribution in [3.8, 4) is 11.4 Å². The topological polar surface area (TPSA) is 97.7 Å². The first kappa shape index (κ1) is 22.7. The molecule has 0 bridgehead atoms. The summed E-state index contributed by atoms with van der Waals surface area (Å²) in [6.07, 6.45) is 4.05. The van der Waals surface area contributed by atoms with Crippen LogP contribution in [0.4, 0.5) is 11.5 Å². The summed E-state index contributed by atoms with van der Waals surface area (Å²) in [5, 5.41) is 12.4. The highest BCUT2D eigenvalue weighted by molar-refractivity contribution is 6.00. The van der Waals surface area contributed by atoms with Crippen molar-refractivity contribution < 1.29 is 9.53 Å². The van der Waals surface area contributed by atoms with Gasteiger partial charge in [0.05, 0.1) is 24.0 Å². The average Bonchev–Trinajstić information content (AvgIpc) is 3.46. The molecule has 0 aliphatic carbocycles. The number of nitrogens with one attached hydrogen (secondary N) is 2. The fraction of sp³-hybridized carbons (Fsp3) is 0.259. The summed E-state index contributed by atoms with van der Waals surface area (Å²) in [6, 6.07) is 15.9. The monoisotopic (exact) mass is 468 g/mol. The highest BCUT2D eigenvalue weighted by Crippen LogP contribution is 2.28. The summed E-state index contributed by atoms with van der Waals surface area (Å²) in [5.41, 5.74) is 4.47. The highest BCUT2D eigenvalue weighted by atomic mass is 16.5. The fourth-order valence-corrected chi connectivity index (χ4v) is 4.26. The summed E-state index contributed by atoms with van der Waals surface area (Å²) >= 11 is 0. The maximum Gasteiger partial charge on any atom is 0.179 e. The first-order valence-corrected chi connectivity index (χ1v) is 11.7. The van der Waals surface area contributed by atoms with E-state index in [4.69, 9.17) is 9.72 Å². The SMILES string of the molecule is COCCn1c(C(=O)CC(C)C)cc2ccc(-c3nccc(Nc4ccc5[nH]ncc5c4)n3)cc21. The number of nitrogens with zero attached hydrogens (tertiary/aromatic N) is 4. The smallest absolute Gasteiger partial charge is 0.179 e. The average molecular weight is 469 g/mol. The molecule has 0 aliphatic heterocycles. The number of ether oxygens (including phenoxy) is 1. The number of aromatic nitrogens is 5. The van der Waals surface area contributed by atoms with Gasteiger partial charge in [-0.2, -0.15) is 5.10 Å². The van der Waals surface area contributed by atoms with E-state index in [1.807, 2.05) is 48.5 Å². The molecule has 8 heteroatoms. The van der Waals surface area contributed by atoms with E-state index in [2.05, 4.69) is 38.9 Å². The lowest BCUT2D eigenvalue weighted by molar-refractivity contribution is 0.0956. The summed E-state index contributed by atoms with van der Waals surface area (Å²) in [7, 11) is 1.67. The summed E-state index contributed by atoms with van der Waals surface area (Å²) in [4.78, 5) is 22.2. The lowest BCUT2D eigenvalue weighted by atomic mass is 10.1. The molecule has 178 valence electrons. The predicted molar refractivity (Wildman–Crippen MR) is 138 cm³/mol. The van der Waals surface area contributed by atoms with E-state index in [9.17, 15) is 4.79 Å². The second-order valence-electron chi connectivity index (χ2n) is 9.03. The van der Waals surface area contributed by atoms with E-state index >= 15 is 0 Å².